The Morgan fingerprint density at radius 3 is 2.47 bits per heavy atom. The zero-order chi connectivity index (χ0) is 22.9. The van der Waals surface area contributed by atoms with Crippen molar-refractivity contribution < 1.29 is 9.18 Å². The summed E-state index contributed by atoms with van der Waals surface area (Å²) in [6.07, 6.45) is 1.57. The average Bonchev–Trinajstić information content (AvgIpc) is 3.16. The van der Waals surface area contributed by atoms with E-state index < -0.39 is 0 Å². The van der Waals surface area contributed by atoms with Crippen molar-refractivity contribution in [2.75, 3.05) is 26.4 Å². The first-order valence-corrected chi connectivity index (χ1v) is 11.7. The van der Waals surface area contributed by atoms with E-state index in [4.69, 9.17) is 0 Å². The number of carbonyl (C=O) groups is 1. The van der Waals surface area contributed by atoms with E-state index in [1.54, 1.807) is 12.1 Å². The zero-order valence-corrected chi connectivity index (χ0v) is 19.6. The summed E-state index contributed by atoms with van der Waals surface area (Å²) in [7, 11) is 4.08. The number of carbonyl (C=O) groups excluding carboxylic acids is 1. The van der Waals surface area contributed by atoms with Crippen molar-refractivity contribution in [3.8, 4) is 0 Å². The second-order valence-electron chi connectivity index (χ2n) is 7.82. The topological polar surface area (TPSA) is 63.1 Å². The minimum atomic E-state index is -0.257. The van der Waals surface area contributed by atoms with Crippen LogP contribution in [0.4, 0.5) is 4.39 Å². The summed E-state index contributed by atoms with van der Waals surface area (Å²) in [5.74, 6) is 0.843. The number of halogens is 1. The van der Waals surface area contributed by atoms with Gasteiger partial charge in [-0.15, -0.1) is 10.2 Å². The van der Waals surface area contributed by atoms with Gasteiger partial charge in [-0.05, 0) is 50.2 Å². The molecule has 0 aliphatic rings. The Morgan fingerprint density at radius 1 is 1.09 bits per heavy atom. The van der Waals surface area contributed by atoms with Gasteiger partial charge >= 0.3 is 0 Å². The molecular formula is C24H30FN5OS. The first-order chi connectivity index (χ1) is 15.5. The molecule has 0 unspecified atom stereocenters. The van der Waals surface area contributed by atoms with E-state index in [1.807, 2.05) is 32.3 Å². The van der Waals surface area contributed by atoms with Crippen LogP contribution in [0.2, 0.25) is 0 Å². The molecule has 2 aromatic carbocycles. The van der Waals surface area contributed by atoms with Gasteiger partial charge in [0.2, 0.25) is 5.91 Å². The van der Waals surface area contributed by atoms with Crippen LogP contribution in [0, 0.1) is 5.82 Å². The molecule has 6 nitrogen and oxygen atoms in total. The van der Waals surface area contributed by atoms with Crippen LogP contribution in [0.25, 0.3) is 0 Å². The molecule has 0 radical (unpaired) electrons. The van der Waals surface area contributed by atoms with E-state index in [1.165, 1.54) is 23.9 Å². The SMILES string of the molecule is CC[C@@H](c1nnc(SCC(=O)NCCc2ccc(F)cc2)n1Cc1ccccc1)N(C)C. The maximum Gasteiger partial charge on any atom is 0.230 e. The number of aromatic nitrogens is 3. The van der Waals surface area contributed by atoms with Crippen LogP contribution in [0.5, 0.6) is 0 Å². The van der Waals surface area contributed by atoms with E-state index in [-0.39, 0.29) is 23.5 Å². The molecule has 1 atom stereocenters. The molecule has 3 rings (SSSR count). The van der Waals surface area contributed by atoms with Crippen LogP contribution >= 0.6 is 11.8 Å². The van der Waals surface area contributed by atoms with Gasteiger partial charge in [-0.2, -0.15) is 0 Å². The lowest BCUT2D eigenvalue weighted by Gasteiger charge is -2.23. The summed E-state index contributed by atoms with van der Waals surface area (Å²) in [6, 6.07) is 16.7. The smallest absolute Gasteiger partial charge is 0.230 e. The molecule has 1 aromatic heterocycles. The third-order valence-corrected chi connectivity index (χ3v) is 6.19. The van der Waals surface area contributed by atoms with Gasteiger partial charge in [-0.25, -0.2) is 4.39 Å². The van der Waals surface area contributed by atoms with Crippen molar-refractivity contribution in [3.05, 3.63) is 77.4 Å². The summed E-state index contributed by atoms with van der Waals surface area (Å²) in [4.78, 5) is 14.5. The van der Waals surface area contributed by atoms with Gasteiger partial charge in [-0.3, -0.25) is 9.69 Å². The molecule has 32 heavy (non-hydrogen) atoms. The quantitative estimate of drug-likeness (QED) is 0.444. The molecule has 0 bridgehead atoms. The van der Waals surface area contributed by atoms with E-state index in [0.717, 1.165) is 28.5 Å². The van der Waals surface area contributed by atoms with Crippen molar-refractivity contribution in [3.63, 3.8) is 0 Å². The van der Waals surface area contributed by atoms with Crippen molar-refractivity contribution in [2.24, 2.45) is 0 Å². The lowest BCUT2D eigenvalue weighted by molar-refractivity contribution is -0.118. The van der Waals surface area contributed by atoms with E-state index in [0.29, 0.717) is 19.5 Å². The number of nitrogens with one attached hydrogen (secondary N) is 1. The number of hydrogen-bond acceptors (Lipinski definition) is 5. The lowest BCUT2D eigenvalue weighted by atomic mass is 10.1. The summed E-state index contributed by atoms with van der Waals surface area (Å²) >= 11 is 1.39. The Bertz CT molecular complexity index is 991. The highest BCUT2D eigenvalue weighted by Crippen LogP contribution is 2.26. The summed E-state index contributed by atoms with van der Waals surface area (Å²) in [5.41, 5.74) is 2.15. The normalized spacial score (nSPS) is 12.2. The van der Waals surface area contributed by atoms with Gasteiger partial charge in [0.25, 0.3) is 0 Å². The monoisotopic (exact) mass is 455 g/mol. The first-order valence-electron chi connectivity index (χ1n) is 10.7. The van der Waals surface area contributed by atoms with Crippen molar-refractivity contribution in [1.29, 1.82) is 0 Å². The molecule has 3 aromatic rings. The summed E-state index contributed by atoms with van der Waals surface area (Å²) in [5, 5.41) is 12.5. The molecule has 0 spiro atoms. The standard InChI is InChI=1S/C24H30FN5OS/c1-4-21(29(2)3)23-27-28-24(30(23)16-19-8-6-5-7-9-19)32-17-22(31)26-15-14-18-10-12-20(25)13-11-18/h5-13,21H,4,14-17H2,1-3H3,(H,26,31)/t21-/m0/s1. The third kappa shape index (κ3) is 6.64. The molecule has 0 saturated heterocycles. The highest BCUT2D eigenvalue weighted by Gasteiger charge is 2.22. The fourth-order valence-electron chi connectivity index (χ4n) is 3.53. The van der Waals surface area contributed by atoms with Crippen molar-refractivity contribution in [1.82, 2.24) is 25.0 Å². The average molecular weight is 456 g/mol. The Hall–Kier alpha value is -2.71. The van der Waals surface area contributed by atoms with Crippen LogP contribution in [0.3, 0.4) is 0 Å². The number of hydrogen-bond donors (Lipinski definition) is 1. The Balaban J connectivity index is 1.63. The first kappa shape index (κ1) is 23.9. The number of thioether (sulfide) groups is 1. The summed E-state index contributed by atoms with van der Waals surface area (Å²) < 4.78 is 15.1. The Kier molecular flexibility index (Phi) is 8.81. The number of nitrogens with zero attached hydrogens (tertiary/aromatic N) is 4. The maximum atomic E-state index is 13.0. The molecule has 170 valence electrons. The highest BCUT2D eigenvalue weighted by atomic mass is 32.2. The molecule has 0 aliphatic heterocycles. The number of benzene rings is 2. The van der Waals surface area contributed by atoms with Crippen LogP contribution < -0.4 is 5.32 Å². The number of rotatable bonds is 11. The summed E-state index contributed by atoms with van der Waals surface area (Å²) in [6.45, 7) is 3.29. The largest absolute Gasteiger partial charge is 0.355 e. The highest BCUT2D eigenvalue weighted by molar-refractivity contribution is 7.99. The minimum Gasteiger partial charge on any atom is -0.355 e. The zero-order valence-electron chi connectivity index (χ0n) is 18.8. The Labute approximate surface area is 193 Å². The van der Waals surface area contributed by atoms with Crippen molar-refractivity contribution in [2.45, 2.75) is 37.5 Å². The van der Waals surface area contributed by atoms with Gasteiger partial charge in [0.15, 0.2) is 11.0 Å². The van der Waals surface area contributed by atoms with Crippen LogP contribution in [-0.2, 0) is 17.8 Å². The third-order valence-electron chi connectivity index (χ3n) is 5.22. The molecule has 1 N–H and O–H groups in total. The predicted molar refractivity (Wildman–Crippen MR) is 126 cm³/mol. The van der Waals surface area contributed by atoms with Gasteiger partial charge in [0, 0.05) is 6.54 Å². The molecule has 1 amide bonds. The maximum absolute atomic E-state index is 13.0. The van der Waals surface area contributed by atoms with Gasteiger partial charge in [-0.1, -0.05) is 61.2 Å². The molecule has 1 heterocycles. The fraction of sp³-hybridized carbons (Fsp3) is 0.375. The van der Waals surface area contributed by atoms with E-state index >= 15 is 0 Å². The molecule has 0 saturated carbocycles. The van der Waals surface area contributed by atoms with Gasteiger partial charge < -0.3 is 9.88 Å². The van der Waals surface area contributed by atoms with Gasteiger partial charge in [0.1, 0.15) is 5.82 Å². The molecule has 0 aliphatic carbocycles. The van der Waals surface area contributed by atoms with Gasteiger partial charge in [0.05, 0.1) is 18.3 Å². The van der Waals surface area contributed by atoms with Crippen molar-refractivity contribution >= 4 is 17.7 Å². The van der Waals surface area contributed by atoms with E-state index in [2.05, 4.69) is 44.0 Å². The lowest BCUT2D eigenvalue weighted by Crippen LogP contribution is -2.27. The van der Waals surface area contributed by atoms with Crippen LogP contribution in [0.1, 0.15) is 36.3 Å². The van der Waals surface area contributed by atoms with Crippen LogP contribution in [-0.4, -0.2) is 52.0 Å². The predicted octanol–water partition coefficient (Wildman–Crippen LogP) is 3.93. The number of amides is 1. The molecule has 0 fully saturated rings. The second kappa shape index (κ2) is 11.8. The Morgan fingerprint density at radius 2 is 1.81 bits per heavy atom. The molecule has 8 heteroatoms. The second-order valence-corrected chi connectivity index (χ2v) is 8.76. The fourth-order valence-corrected chi connectivity index (χ4v) is 4.30. The van der Waals surface area contributed by atoms with E-state index in [9.17, 15) is 9.18 Å². The van der Waals surface area contributed by atoms with Crippen LogP contribution in [0.15, 0.2) is 59.8 Å². The molecular weight excluding hydrogens is 425 g/mol. The minimum absolute atomic E-state index is 0.0624.